The summed E-state index contributed by atoms with van der Waals surface area (Å²) in [5.41, 5.74) is -0.700. The van der Waals surface area contributed by atoms with Crippen molar-refractivity contribution in [2.75, 3.05) is 13.7 Å². The first kappa shape index (κ1) is 38.9. The van der Waals surface area contributed by atoms with Gasteiger partial charge < -0.3 is 24.5 Å². The SMILES string of the molecule is C.CCOC(=O)/C=C/CC[C@H](NC(=O)CCC(=O)O)C(=O)Cc1cccn(CC(=O)C[C@@H](CC(C)(C)C)C(=O)OC)c1=O. The van der Waals surface area contributed by atoms with Crippen LogP contribution in [-0.4, -0.2) is 64.8 Å². The third-order valence-corrected chi connectivity index (χ3v) is 6.13. The zero-order chi connectivity index (χ0) is 31.9. The molecule has 240 valence electrons. The summed E-state index contributed by atoms with van der Waals surface area (Å²) in [7, 11) is 1.26. The van der Waals surface area contributed by atoms with Crippen molar-refractivity contribution in [3.63, 3.8) is 0 Å². The minimum atomic E-state index is -1.17. The summed E-state index contributed by atoms with van der Waals surface area (Å²) in [6.07, 6.45) is 3.63. The van der Waals surface area contributed by atoms with E-state index in [9.17, 15) is 33.6 Å². The van der Waals surface area contributed by atoms with Crippen molar-refractivity contribution >= 4 is 35.4 Å². The number of hydrogen-bond donors (Lipinski definition) is 2. The Hall–Kier alpha value is -4.09. The number of aromatic nitrogens is 1. The number of carboxylic acids is 1. The first-order valence-corrected chi connectivity index (χ1v) is 13.8. The van der Waals surface area contributed by atoms with E-state index in [4.69, 9.17) is 14.6 Å². The molecule has 1 aromatic heterocycles. The third kappa shape index (κ3) is 15.6. The molecule has 0 aromatic carbocycles. The first-order valence-electron chi connectivity index (χ1n) is 13.8. The van der Waals surface area contributed by atoms with Gasteiger partial charge in [0.1, 0.15) is 0 Å². The standard InChI is InChI=1S/C30H42N2O10.CH4/c1-6-42-27(38)12-8-7-11-23(31-25(35)13-14-26(36)37)24(34)17-20-10-9-15-32(28(20)39)19-22(33)16-21(29(40)41-5)18-30(2,3)4;/h8-10,12,15,21,23H,6-7,11,13-14,16-19H2,1-5H3,(H,31,35)(H,36,37);1H4/b12-8+;/t21-,23-;/m0./s1. The van der Waals surface area contributed by atoms with E-state index in [0.717, 1.165) is 0 Å². The van der Waals surface area contributed by atoms with Gasteiger partial charge in [0.25, 0.3) is 5.56 Å². The summed E-state index contributed by atoms with van der Waals surface area (Å²) in [4.78, 5) is 86.0. The Morgan fingerprint density at radius 1 is 1.12 bits per heavy atom. The number of aliphatic carboxylic acids is 1. The van der Waals surface area contributed by atoms with E-state index < -0.39 is 53.5 Å². The molecule has 1 rings (SSSR count). The molecule has 1 heterocycles. The van der Waals surface area contributed by atoms with Crippen LogP contribution >= 0.6 is 0 Å². The Balaban J connectivity index is 0.0000176. The van der Waals surface area contributed by atoms with Crippen molar-refractivity contribution in [1.82, 2.24) is 9.88 Å². The van der Waals surface area contributed by atoms with Crippen molar-refractivity contribution in [3.05, 3.63) is 46.4 Å². The van der Waals surface area contributed by atoms with Gasteiger partial charge in [0.15, 0.2) is 11.6 Å². The maximum Gasteiger partial charge on any atom is 0.330 e. The second-order valence-corrected chi connectivity index (χ2v) is 11.1. The minimum Gasteiger partial charge on any atom is -0.481 e. The molecule has 0 radical (unpaired) electrons. The number of nitrogens with zero attached hydrogens (tertiary/aromatic N) is 1. The highest BCUT2D eigenvalue weighted by molar-refractivity contribution is 5.91. The number of rotatable bonds is 18. The van der Waals surface area contributed by atoms with Crippen LogP contribution in [0.15, 0.2) is 35.3 Å². The Morgan fingerprint density at radius 3 is 2.37 bits per heavy atom. The van der Waals surface area contributed by atoms with Crippen LogP contribution in [0.2, 0.25) is 0 Å². The molecular weight excluding hydrogens is 560 g/mol. The predicted octanol–water partition coefficient (Wildman–Crippen LogP) is 3.03. The van der Waals surface area contributed by atoms with Gasteiger partial charge in [-0.25, -0.2) is 4.79 Å². The van der Waals surface area contributed by atoms with Gasteiger partial charge in [0, 0.05) is 37.1 Å². The molecule has 0 aliphatic heterocycles. The van der Waals surface area contributed by atoms with E-state index >= 15 is 0 Å². The molecule has 0 aliphatic rings. The number of allylic oxidation sites excluding steroid dienone is 1. The maximum atomic E-state index is 13.2. The summed E-state index contributed by atoms with van der Waals surface area (Å²) in [6, 6.07) is 1.92. The van der Waals surface area contributed by atoms with Crippen LogP contribution in [0.25, 0.3) is 0 Å². The van der Waals surface area contributed by atoms with Crippen molar-refractivity contribution in [3.8, 4) is 0 Å². The number of ether oxygens (including phenoxy) is 2. The molecule has 12 heteroatoms. The molecular formula is C31H46N2O10. The van der Waals surface area contributed by atoms with Gasteiger partial charge in [-0.3, -0.25) is 28.8 Å². The lowest BCUT2D eigenvalue weighted by atomic mass is 9.82. The minimum absolute atomic E-state index is 0. The lowest BCUT2D eigenvalue weighted by Crippen LogP contribution is -2.42. The molecule has 0 saturated carbocycles. The molecule has 0 aliphatic carbocycles. The number of carboxylic acid groups (broad SMARTS) is 1. The summed E-state index contributed by atoms with van der Waals surface area (Å²) in [5, 5.41) is 11.4. The molecule has 0 unspecified atom stereocenters. The fourth-order valence-electron chi connectivity index (χ4n) is 4.26. The summed E-state index contributed by atoms with van der Waals surface area (Å²) < 4.78 is 10.8. The average Bonchev–Trinajstić information content (AvgIpc) is 2.89. The molecule has 12 nitrogen and oxygen atoms in total. The van der Waals surface area contributed by atoms with Crippen molar-refractivity contribution < 1.29 is 43.3 Å². The number of amides is 1. The molecule has 43 heavy (non-hydrogen) atoms. The first-order chi connectivity index (χ1) is 19.7. The van der Waals surface area contributed by atoms with Gasteiger partial charge in [0.05, 0.1) is 38.6 Å². The van der Waals surface area contributed by atoms with E-state index in [2.05, 4.69) is 5.32 Å². The molecule has 0 fully saturated rings. The van der Waals surface area contributed by atoms with Gasteiger partial charge in [-0.15, -0.1) is 0 Å². The van der Waals surface area contributed by atoms with Crippen LogP contribution in [0.5, 0.6) is 0 Å². The highest BCUT2D eigenvalue weighted by Gasteiger charge is 2.28. The van der Waals surface area contributed by atoms with Gasteiger partial charge in [0.2, 0.25) is 5.91 Å². The molecule has 0 saturated heterocycles. The molecule has 2 atom stereocenters. The molecule has 0 bridgehead atoms. The molecule has 1 aromatic rings. The topological polar surface area (TPSA) is 175 Å². The quantitative estimate of drug-likeness (QED) is 0.187. The van der Waals surface area contributed by atoms with Crippen LogP contribution < -0.4 is 10.9 Å². The lowest BCUT2D eigenvalue weighted by Gasteiger charge is -2.24. The van der Waals surface area contributed by atoms with Crippen LogP contribution in [-0.2, 0) is 51.2 Å². The Kier molecular flexibility index (Phi) is 17.3. The number of hydrogen-bond acceptors (Lipinski definition) is 9. The fourth-order valence-corrected chi connectivity index (χ4v) is 4.26. The average molecular weight is 607 g/mol. The van der Waals surface area contributed by atoms with E-state index in [1.807, 2.05) is 20.8 Å². The number of ketones is 2. The number of carbonyl (C=O) groups is 6. The van der Waals surface area contributed by atoms with Crippen molar-refractivity contribution in [1.29, 1.82) is 0 Å². The Labute approximate surface area is 252 Å². The molecule has 0 spiro atoms. The van der Waals surface area contributed by atoms with Crippen LogP contribution in [0.4, 0.5) is 0 Å². The highest BCUT2D eigenvalue weighted by Crippen LogP contribution is 2.27. The number of methoxy groups -OCH3 is 1. The third-order valence-electron chi connectivity index (χ3n) is 6.13. The van der Waals surface area contributed by atoms with Gasteiger partial charge >= 0.3 is 17.9 Å². The fraction of sp³-hybridized carbons (Fsp3) is 0.581. The summed E-state index contributed by atoms with van der Waals surface area (Å²) in [6.45, 7) is 7.39. The number of pyridine rings is 1. The lowest BCUT2D eigenvalue weighted by molar-refractivity contribution is -0.148. The second-order valence-electron chi connectivity index (χ2n) is 11.1. The van der Waals surface area contributed by atoms with Crippen LogP contribution in [0.1, 0.15) is 79.2 Å². The number of nitrogens with one attached hydrogen (secondary N) is 1. The molecule has 2 N–H and O–H groups in total. The smallest absolute Gasteiger partial charge is 0.330 e. The zero-order valence-corrected chi connectivity index (χ0v) is 25.0. The van der Waals surface area contributed by atoms with E-state index in [1.54, 1.807) is 6.92 Å². The van der Waals surface area contributed by atoms with Crippen LogP contribution in [0.3, 0.4) is 0 Å². The predicted molar refractivity (Wildman–Crippen MR) is 159 cm³/mol. The van der Waals surface area contributed by atoms with Crippen molar-refractivity contribution in [2.24, 2.45) is 11.3 Å². The highest BCUT2D eigenvalue weighted by atomic mass is 16.5. The van der Waals surface area contributed by atoms with E-state index in [-0.39, 0.29) is 69.4 Å². The largest absolute Gasteiger partial charge is 0.481 e. The van der Waals surface area contributed by atoms with E-state index in [0.29, 0.717) is 6.42 Å². The Bertz CT molecular complexity index is 1210. The van der Waals surface area contributed by atoms with Gasteiger partial charge in [-0.2, -0.15) is 0 Å². The summed E-state index contributed by atoms with van der Waals surface area (Å²) >= 11 is 0. The van der Waals surface area contributed by atoms with Gasteiger partial charge in [-0.1, -0.05) is 40.3 Å². The Morgan fingerprint density at radius 2 is 1.79 bits per heavy atom. The monoisotopic (exact) mass is 606 g/mol. The number of Topliss-reactive ketones (excluding diaryl/α,β-unsaturated/α-hetero) is 2. The zero-order valence-electron chi connectivity index (χ0n) is 25.0. The maximum absolute atomic E-state index is 13.2. The van der Waals surface area contributed by atoms with E-state index in [1.165, 1.54) is 42.2 Å². The second kappa shape index (κ2) is 19.2. The summed E-state index contributed by atoms with van der Waals surface area (Å²) in [5.74, 6) is -4.37. The normalized spacial score (nSPS) is 12.5. The molecule has 1 amide bonds. The van der Waals surface area contributed by atoms with Crippen LogP contribution in [0, 0.1) is 11.3 Å². The number of carbonyl (C=O) groups excluding carboxylic acids is 5. The van der Waals surface area contributed by atoms with Crippen molar-refractivity contribution in [2.45, 2.75) is 92.7 Å². The van der Waals surface area contributed by atoms with Gasteiger partial charge in [-0.05, 0) is 37.7 Å². The number of esters is 2.